The molecule has 4 rings (SSSR count). The van der Waals surface area contributed by atoms with Crippen LogP contribution in [-0.2, 0) is 6.18 Å². The highest BCUT2D eigenvalue weighted by atomic mass is 35.5. The first-order valence-corrected chi connectivity index (χ1v) is 11.8. The van der Waals surface area contributed by atoms with Gasteiger partial charge in [0.2, 0.25) is 0 Å². The topological polar surface area (TPSA) is 126 Å². The smallest absolute Gasteiger partial charge is 0.338 e. The molecule has 2 aromatic carbocycles. The van der Waals surface area contributed by atoms with Gasteiger partial charge >= 0.3 is 18.2 Å². The highest BCUT2D eigenvalue weighted by Crippen LogP contribution is 2.36. The number of fused-ring (bicyclic) bond motifs is 1. The van der Waals surface area contributed by atoms with E-state index in [2.05, 4.69) is 36.2 Å². The van der Waals surface area contributed by atoms with Crippen molar-refractivity contribution in [3.63, 3.8) is 0 Å². The Hall–Kier alpha value is -4.39. The Bertz CT molecular complexity index is 1460. The molecule has 0 aliphatic carbocycles. The Morgan fingerprint density at radius 2 is 1.66 bits per heavy atom. The molecule has 0 atom stereocenters. The first kappa shape index (κ1) is 26.7. The third kappa shape index (κ3) is 6.29. The van der Waals surface area contributed by atoms with Gasteiger partial charge in [0.15, 0.2) is 17.0 Å². The van der Waals surface area contributed by atoms with Gasteiger partial charge in [-0.25, -0.2) is 24.5 Å². The highest BCUT2D eigenvalue weighted by Gasteiger charge is 2.33. The number of alkyl halides is 3. The number of halogens is 4. The van der Waals surface area contributed by atoms with E-state index in [1.165, 1.54) is 18.7 Å². The van der Waals surface area contributed by atoms with E-state index in [4.69, 9.17) is 11.6 Å². The molecule has 0 aliphatic rings. The summed E-state index contributed by atoms with van der Waals surface area (Å²) in [4.78, 5) is 37.1. The molecular weight excluding hydrogens is 525 g/mol. The van der Waals surface area contributed by atoms with E-state index >= 15 is 0 Å². The lowest BCUT2D eigenvalue weighted by Gasteiger charge is -2.12. The number of nitrogens with zero attached hydrogens (tertiary/aromatic N) is 4. The van der Waals surface area contributed by atoms with Gasteiger partial charge in [-0.3, -0.25) is 9.88 Å². The van der Waals surface area contributed by atoms with Crippen LogP contribution in [0.3, 0.4) is 0 Å². The highest BCUT2D eigenvalue weighted by molar-refractivity contribution is 6.31. The van der Waals surface area contributed by atoms with Crippen LogP contribution in [0, 0.1) is 0 Å². The number of nitrogens with one attached hydrogen (secondary N) is 4. The quantitative estimate of drug-likeness (QED) is 0.210. The standard InChI is InChI=1S/C24H22ClF3N8O2/c1-2-3-10-29-22(37)35-20-19-21(31-12-30-20)36(13-32-19)16-7-4-14(5-8-16)33-23(38)34-15-6-9-18(25)17(11-15)24(26,27)28/h4-9,11-13H,2-3,10H2,1H3,(H2,33,34,38)(H2,29,30,31,35,37). The number of anilines is 3. The van der Waals surface area contributed by atoms with Gasteiger partial charge in [0, 0.05) is 23.6 Å². The minimum Gasteiger partial charge on any atom is -0.338 e. The number of hydrogen-bond donors (Lipinski definition) is 4. The van der Waals surface area contributed by atoms with E-state index in [0.717, 1.165) is 25.0 Å². The van der Waals surface area contributed by atoms with Gasteiger partial charge in [0.25, 0.3) is 0 Å². The lowest BCUT2D eigenvalue weighted by atomic mass is 10.2. The van der Waals surface area contributed by atoms with Crippen molar-refractivity contribution >= 4 is 52.0 Å². The van der Waals surface area contributed by atoms with Gasteiger partial charge < -0.3 is 16.0 Å². The van der Waals surface area contributed by atoms with Crippen molar-refractivity contribution in [2.24, 2.45) is 0 Å². The molecule has 2 aromatic heterocycles. The van der Waals surface area contributed by atoms with Crippen LogP contribution in [0.4, 0.5) is 40.0 Å². The number of hydrogen-bond acceptors (Lipinski definition) is 5. The van der Waals surface area contributed by atoms with E-state index in [-0.39, 0.29) is 11.5 Å². The molecule has 2 heterocycles. The number of carbonyl (C=O) groups is 2. The predicted molar refractivity (Wildman–Crippen MR) is 138 cm³/mol. The summed E-state index contributed by atoms with van der Waals surface area (Å²) in [6, 6.07) is 8.54. The summed E-state index contributed by atoms with van der Waals surface area (Å²) in [5, 5.41) is 9.86. The van der Waals surface area contributed by atoms with E-state index in [9.17, 15) is 22.8 Å². The van der Waals surface area contributed by atoms with Gasteiger partial charge in [-0.1, -0.05) is 24.9 Å². The van der Waals surface area contributed by atoms with E-state index in [1.54, 1.807) is 28.8 Å². The van der Waals surface area contributed by atoms with Crippen molar-refractivity contribution < 1.29 is 22.8 Å². The molecule has 0 aliphatic heterocycles. The molecule has 4 amide bonds. The van der Waals surface area contributed by atoms with Crippen LogP contribution in [0.5, 0.6) is 0 Å². The first-order valence-electron chi connectivity index (χ1n) is 11.4. The number of imidazole rings is 1. The van der Waals surface area contributed by atoms with Crippen LogP contribution in [0.25, 0.3) is 16.9 Å². The van der Waals surface area contributed by atoms with Gasteiger partial charge in [0.1, 0.15) is 12.7 Å². The average molecular weight is 547 g/mol. The summed E-state index contributed by atoms with van der Waals surface area (Å²) >= 11 is 5.61. The molecular formula is C24H22ClF3N8O2. The van der Waals surface area contributed by atoms with E-state index in [1.807, 2.05) is 6.92 Å². The minimum atomic E-state index is -4.65. The summed E-state index contributed by atoms with van der Waals surface area (Å²) in [6.45, 7) is 2.56. The summed E-state index contributed by atoms with van der Waals surface area (Å²) in [5.74, 6) is 0.258. The molecule has 0 saturated heterocycles. The van der Waals surface area contributed by atoms with Gasteiger partial charge in [-0.2, -0.15) is 13.2 Å². The van der Waals surface area contributed by atoms with Crippen molar-refractivity contribution in [1.82, 2.24) is 24.8 Å². The third-order valence-corrected chi connectivity index (χ3v) is 5.64. The number of carbonyl (C=O) groups excluding carboxylic acids is 2. The zero-order valence-electron chi connectivity index (χ0n) is 19.9. The number of benzene rings is 2. The fraction of sp³-hybridized carbons (Fsp3) is 0.208. The summed E-state index contributed by atoms with van der Waals surface area (Å²) in [7, 11) is 0. The normalized spacial score (nSPS) is 11.3. The molecule has 0 saturated carbocycles. The largest absolute Gasteiger partial charge is 0.417 e. The lowest BCUT2D eigenvalue weighted by Crippen LogP contribution is -2.29. The van der Waals surface area contributed by atoms with E-state index in [0.29, 0.717) is 29.1 Å². The molecule has 4 N–H and O–H groups in total. The van der Waals surface area contributed by atoms with Crippen molar-refractivity contribution in [1.29, 1.82) is 0 Å². The number of unbranched alkanes of at least 4 members (excludes halogenated alkanes) is 1. The molecule has 0 unspecified atom stereocenters. The molecule has 38 heavy (non-hydrogen) atoms. The third-order valence-electron chi connectivity index (χ3n) is 5.31. The van der Waals surface area contributed by atoms with Crippen LogP contribution < -0.4 is 21.3 Å². The van der Waals surface area contributed by atoms with Crippen LogP contribution in [0.2, 0.25) is 5.02 Å². The Labute approximate surface area is 219 Å². The number of rotatable bonds is 7. The second-order valence-corrected chi connectivity index (χ2v) is 8.47. The Balaban J connectivity index is 1.44. The molecule has 14 heteroatoms. The number of urea groups is 2. The molecule has 10 nitrogen and oxygen atoms in total. The summed E-state index contributed by atoms with van der Waals surface area (Å²) < 4.78 is 40.8. The van der Waals surface area contributed by atoms with Crippen LogP contribution in [0.1, 0.15) is 25.3 Å². The van der Waals surface area contributed by atoms with Crippen molar-refractivity contribution in [2.45, 2.75) is 25.9 Å². The maximum absolute atomic E-state index is 13.1. The van der Waals surface area contributed by atoms with Gasteiger partial charge in [-0.05, 0) is 48.9 Å². The van der Waals surface area contributed by atoms with Crippen LogP contribution in [-0.4, -0.2) is 38.1 Å². The van der Waals surface area contributed by atoms with Gasteiger partial charge in [-0.15, -0.1) is 0 Å². The van der Waals surface area contributed by atoms with Crippen molar-refractivity contribution in [2.75, 3.05) is 22.5 Å². The fourth-order valence-electron chi connectivity index (χ4n) is 3.46. The Kier molecular flexibility index (Phi) is 7.96. The maximum Gasteiger partial charge on any atom is 0.417 e. The first-order chi connectivity index (χ1) is 18.2. The minimum absolute atomic E-state index is 0.0659. The predicted octanol–water partition coefficient (Wildman–Crippen LogP) is 6.05. The maximum atomic E-state index is 13.1. The fourth-order valence-corrected chi connectivity index (χ4v) is 3.69. The number of amides is 4. The monoisotopic (exact) mass is 546 g/mol. The molecule has 4 aromatic rings. The van der Waals surface area contributed by atoms with Gasteiger partial charge in [0.05, 0.1) is 10.6 Å². The van der Waals surface area contributed by atoms with Crippen LogP contribution in [0.15, 0.2) is 55.1 Å². The lowest BCUT2D eigenvalue weighted by molar-refractivity contribution is -0.137. The molecule has 0 radical (unpaired) electrons. The SMILES string of the molecule is CCCCNC(=O)Nc1ncnc2c1ncn2-c1ccc(NC(=O)Nc2ccc(Cl)c(C(F)(F)F)c2)cc1. The zero-order valence-corrected chi connectivity index (χ0v) is 20.7. The second-order valence-electron chi connectivity index (χ2n) is 8.06. The number of aromatic nitrogens is 4. The van der Waals surface area contributed by atoms with Crippen molar-refractivity contribution in [3.8, 4) is 5.69 Å². The summed E-state index contributed by atoms with van der Waals surface area (Å²) in [5.41, 5.74) is 0.771. The Morgan fingerprint density at radius 1 is 0.947 bits per heavy atom. The molecule has 0 bridgehead atoms. The molecule has 198 valence electrons. The average Bonchev–Trinajstić information content (AvgIpc) is 3.30. The Morgan fingerprint density at radius 3 is 2.37 bits per heavy atom. The second kappa shape index (κ2) is 11.3. The van der Waals surface area contributed by atoms with Crippen molar-refractivity contribution in [3.05, 3.63) is 65.7 Å². The summed E-state index contributed by atoms with van der Waals surface area (Å²) in [6.07, 6.45) is -0.0153. The molecule has 0 fully saturated rings. The zero-order chi connectivity index (χ0) is 27.3. The molecule has 0 spiro atoms. The van der Waals surface area contributed by atoms with Crippen LogP contribution >= 0.6 is 11.6 Å². The van der Waals surface area contributed by atoms with E-state index < -0.39 is 28.8 Å².